The molecule has 0 bridgehead atoms. The largest absolute Gasteiger partial charge is 0.456 e. The molecule has 0 unspecified atom stereocenters. The Balaban J connectivity index is 1.14. The second-order valence-corrected chi connectivity index (χ2v) is 14.2. The summed E-state index contributed by atoms with van der Waals surface area (Å²) in [5, 5.41) is 16.8. The van der Waals surface area contributed by atoms with Crippen LogP contribution in [-0.4, -0.2) is 23.9 Å². The van der Waals surface area contributed by atoms with Gasteiger partial charge in [0.05, 0.1) is 22.1 Å². The number of rotatable bonds is 5. The molecule has 0 saturated carbocycles. The molecule has 262 valence electrons. The van der Waals surface area contributed by atoms with Gasteiger partial charge < -0.3 is 13.6 Å². The van der Waals surface area contributed by atoms with Gasteiger partial charge in [-0.15, -0.1) is 10.2 Å². The Morgan fingerprint density at radius 1 is 0.357 bits per heavy atom. The van der Waals surface area contributed by atoms with Crippen molar-refractivity contribution in [1.29, 1.82) is 0 Å². The van der Waals surface area contributed by atoms with Crippen LogP contribution < -0.4 is 0 Å². The molecule has 56 heavy (non-hydrogen) atoms. The highest BCUT2D eigenvalue weighted by Crippen LogP contribution is 2.43. The van der Waals surface area contributed by atoms with Crippen LogP contribution in [0.5, 0.6) is 0 Å². The Morgan fingerprint density at radius 2 is 0.964 bits per heavy atom. The van der Waals surface area contributed by atoms with Gasteiger partial charge in [0.2, 0.25) is 0 Å². The van der Waals surface area contributed by atoms with Crippen LogP contribution in [-0.2, 0) is 0 Å². The molecular weight excluding hydrogens is 687 g/mol. The monoisotopic (exact) mass is 717 g/mol. The van der Waals surface area contributed by atoms with Crippen molar-refractivity contribution in [1.82, 2.24) is 23.9 Å². The van der Waals surface area contributed by atoms with Crippen molar-refractivity contribution in [2.75, 3.05) is 0 Å². The van der Waals surface area contributed by atoms with Crippen molar-refractivity contribution < 1.29 is 4.42 Å². The van der Waals surface area contributed by atoms with Gasteiger partial charge in [-0.05, 0) is 66.7 Å². The number of hydrogen-bond donors (Lipinski definition) is 0. The third kappa shape index (κ3) is 4.38. The van der Waals surface area contributed by atoms with Gasteiger partial charge in [-0.25, -0.2) is 0 Å². The summed E-state index contributed by atoms with van der Waals surface area (Å²) in [5.74, 6) is 1.57. The van der Waals surface area contributed by atoms with Crippen molar-refractivity contribution in [2.45, 2.75) is 0 Å². The number of furan rings is 1. The predicted molar refractivity (Wildman–Crippen MR) is 228 cm³/mol. The van der Waals surface area contributed by atoms with Crippen LogP contribution in [0.25, 0.3) is 105 Å². The molecule has 6 heteroatoms. The van der Waals surface area contributed by atoms with E-state index in [9.17, 15) is 0 Å². The first kappa shape index (κ1) is 30.7. The molecule has 12 aromatic rings. The predicted octanol–water partition coefficient (Wildman–Crippen LogP) is 12.7. The van der Waals surface area contributed by atoms with Crippen molar-refractivity contribution in [3.63, 3.8) is 0 Å². The fraction of sp³-hybridized carbons (Fsp3) is 0. The SMILES string of the molecule is c1ccc(-c2nnc(-c3cccc4c5ccccc5n(-c5cccc(-n6c7ccccc7c7c8c(ccc76)oc6ccccc68)c5)c34)n2-c2ccccc2)cc1. The van der Waals surface area contributed by atoms with E-state index in [4.69, 9.17) is 14.6 Å². The average molecular weight is 718 g/mol. The van der Waals surface area contributed by atoms with E-state index >= 15 is 0 Å². The second kappa shape index (κ2) is 11.9. The average Bonchev–Trinajstić information content (AvgIpc) is 4.04. The maximum atomic E-state index is 6.36. The Labute approximate surface area is 320 Å². The van der Waals surface area contributed by atoms with Crippen LogP contribution in [0.15, 0.2) is 192 Å². The molecule has 0 spiro atoms. The Hall–Kier alpha value is -7.70. The van der Waals surface area contributed by atoms with E-state index in [0.717, 1.165) is 89.2 Å². The van der Waals surface area contributed by atoms with Crippen molar-refractivity contribution in [3.05, 3.63) is 188 Å². The number of hydrogen-bond acceptors (Lipinski definition) is 3. The number of fused-ring (bicyclic) bond motifs is 10. The topological polar surface area (TPSA) is 53.7 Å². The molecule has 0 radical (unpaired) electrons. The van der Waals surface area contributed by atoms with E-state index in [1.165, 1.54) is 16.2 Å². The summed E-state index contributed by atoms with van der Waals surface area (Å²) < 4.78 is 13.3. The molecule has 0 atom stereocenters. The smallest absolute Gasteiger partial charge is 0.171 e. The van der Waals surface area contributed by atoms with E-state index in [1.807, 2.05) is 30.3 Å². The van der Waals surface area contributed by atoms with Crippen molar-refractivity contribution in [2.24, 2.45) is 0 Å². The van der Waals surface area contributed by atoms with Gasteiger partial charge >= 0.3 is 0 Å². The highest BCUT2D eigenvalue weighted by Gasteiger charge is 2.24. The molecule has 4 heterocycles. The number of benzene rings is 8. The molecule has 4 aromatic heterocycles. The summed E-state index contributed by atoms with van der Waals surface area (Å²) in [6, 6.07) is 66.1. The maximum absolute atomic E-state index is 6.36. The number of para-hydroxylation sites is 5. The number of nitrogens with zero attached hydrogens (tertiary/aromatic N) is 5. The molecule has 0 aliphatic heterocycles. The lowest BCUT2D eigenvalue weighted by molar-refractivity contribution is 0.669. The zero-order valence-corrected chi connectivity index (χ0v) is 30.0. The normalized spacial score (nSPS) is 11.9. The summed E-state index contributed by atoms with van der Waals surface area (Å²) >= 11 is 0. The van der Waals surface area contributed by atoms with Crippen LogP contribution in [0.4, 0.5) is 0 Å². The van der Waals surface area contributed by atoms with Crippen LogP contribution in [0.3, 0.4) is 0 Å². The lowest BCUT2D eigenvalue weighted by Gasteiger charge is -2.15. The first-order valence-corrected chi connectivity index (χ1v) is 18.8. The molecule has 0 aliphatic rings. The van der Waals surface area contributed by atoms with Crippen molar-refractivity contribution in [3.8, 4) is 39.8 Å². The summed E-state index contributed by atoms with van der Waals surface area (Å²) in [5.41, 5.74) is 11.4. The molecule has 0 amide bonds. The Morgan fingerprint density at radius 3 is 1.79 bits per heavy atom. The first-order valence-electron chi connectivity index (χ1n) is 18.8. The molecular formula is C50H31N5O. The van der Waals surface area contributed by atoms with Crippen LogP contribution in [0.1, 0.15) is 0 Å². The van der Waals surface area contributed by atoms with Gasteiger partial charge in [-0.1, -0.05) is 121 Å². The molecule has 8 aromatic carbocycles. The highest BCUT2D eigenvalue weighted by atomic mass is 16.3. The molecule has 12 rings (SSSR count). The summed E-state index contributed by atoms with van der Waals surface area (Å²) in [6.07, 6.45) is 0. The van der Waals surface area contributed by atoms with Crippen molar-refractivity contribution >= 4 is 65.6 Å². The lowest BCUT2D eigenvalue weighted by Crippen LogP contribution is -2.02. The fourth-order valence-corrected chi connectivity index (χ4v) is 8.85. The summed E-state index contributed by atoms with van der Waals surface area (Å²) in [6.45, 7) is 0. The van der Waals surface area contributed by atoms with Gasteiger partial charge in [-0.3, -0.25) is 4.57 Å². The number of aromatic nitrogens is 5. The minimum Gasteiger partial charge on any atom is -0.456 e. The van der Waals surface area contributed by atoms with Gasteiger partial charge in [0, 0.05) is 60.5 Å². The maximum Gasteiger partial charge on any atom is 0.171 e. The third-order valence-corrected chi connectivity index (χ3v) is 11.2. The second-order valence-electron chi connectivity index (χ2n) is 14.2. The fourth-order valence-electron chi connectivity index (χ4n) is 8.85. The Bertz CT molecular complexity index is 3480. The third-order valence-electron chi connectivity index (χ3n) is 11.2. The van der Waals surface area contributed by atoms with E-state index in [-0.39, 0.29) is 0 Å². The van der Waals surface area contributed by atoms with E-state index in [0.29, 0.717) is 0 Å². The highest BCUT2D eigenvalue weighted by molar-refractivity contribution is 6.27. The van der Waals surface area contributed by atoms with Gasteiger partial charge in [0.15, 0.2) is 11.6 Å². The lowest BCUT2D eigenvalue weighted by atomic mass is 10.1. The molecule has 6 nitrogen and oxygen atoms in total. The standard InChI is InChI=1S/C50H31N5O/c1-3-15-32(16-4-1)49-51-52-50(55(49)33-17-5-2-6-18-33)40-25-14-24-37-36-21-7-10-26-41(36)54(48(37)40)35-20-13-19-34(31-35)53-42-27-11-8-22-38(42)46-43(53)29-30-45-47(46)39-23-9-12-28-44(39)56-45/h1-31H. The molecule has 0 saturated heterocycles. The van der Waals surface area contributed by atoms with Crippen LogP contribution in [0.2, 0.25) is 0 Å². The van der Waals surface area contributed by atoms with Gasteiger partial charge in [0.1, 0.15) is 11.2 Å². The zero-order valence-electron chi connectivity index (χ0n) is 30.0. The van der Waals surface area contributed by atoms with E-state index < -0.39 is 0 Å². The quantitative estimate of drug-likeness (QED) is 0.178. The Kier molecular flexibility index (Phi) is 6.53. The van der Waals surface area contributed by atoms with E-state index in [1.54, 1.807) is 0 Å². The zero-order chi connectivity index (χ0) is 36.7. The van der Waals surface area contributed by atoms with E-state index in [2.05, 4.69) is 171 Å². The van der Waals surface area contributed by atoms with Crippen LogP contribution >= 0.6 is 0 Å². The van der Waals surface area contributed by atoms with Gasteiger partial charge in [0.25, 0.3) is 0 Å². The van der Waals surface area contributed by atoms with Crippen LogP contribution in [0, 0.1) is 0 Å². The molecule has 0 fully saturated rings. The van der Waals surface area contributed by atoms with Gasteiger partial charge in [-0.2, -0.15) is 0 Å². The minimum atomic E-state index is 0.777. The molecule has 0 aliphatic carbocycles. The summed E-state index contributed by atoms with van der Waals surface area (Å²) in [4.78, 5) is 0. The minimum absolute atomic E-state index is 0.777. The molecule has 0 N–H and O–H groups in total. The summed E-state index contributed by atoms with van der Waals surface area (Å²) in [7, 11) is 0. The first-order chi connectivity index (χ1) is 27.8.